The SMILES string of the molecule is CC(OC(=O)CNS(=O)(=O)c1cccc(C(F)(F)F)c1)C(=O)NC1CC1. The summed E-state index contributed by atoms with van der Waals surface area (Å²) < 4.78 is 68.7. The largest absolute Gasteiger partial charge is 0.452 e. The molecule has 0 saturated heterocycles. The third-order valence-corrected chi connectivity index (χ3v) is 4.88. The van der Waals surface area contributed by atoms with Gasteiger partial charge in [0, 0.05) is 6.04 Å². The summed E-state index contributed by atoms with van der Waals surface area (Å²) in [7, 11) is -4.35. The second-order valence-electron chi connectivity index (χ2n) is 5.77. The molecule has 1 saturated carbocycles. The zero-order valence-corrected chi connectivity index (χ0v) is 14.5. The highest BCUT2D eigenvalue weighted by Crippen LogP contribution is 2.30. The maximum atomic E-state index is 12.7. The number of esters is 1. The number of nitrogens with one attached hydrogen (secondary N) is 2. The second-order valence-corrected chi connectivity index (χ2v) is 7.53. The summed E-state index contributed by atoms with van der Waals surface area (Å²) in [5.74, 6) is -1.53. The summed E-state index contributed by atoms with van der Waals surface area (Å²) in [5, 5.41) is 2.62. The van der Waals surface area contributed by atoms with E-state index in [0.29, 0.717) is 6.07 Å². The summed E-state index contributed by atoms with van der Waals surface area (Å²) in [4.78, 5) is 22.7. The third-order valence-electron chi connectivity index (χ3n) is 3.48. The summed E-state index contributed by atoms with van der Waals surface area (Å²) in [6.45, 7) is 0.510. The van der Waals surface area contributed by atoms with E-state index in [1.54, 1.807) is 0 Å². The molecule has 0 radical (unpaired) electrons. The van der Waals surface area contributed by atoms with Crippen LogP contribution in [0.15, 0.2) is 29.2 Å². The third kappa shape index (κ3) is 5.70. The highest BCUT2D eigenvalue weighted by atomic mass is 32.2. The Balaban J connectivity index is 1.92. The van der Waals surface area contributed by atoms with E-state index in [4.69, 9.17) is 4.74 Å². The number of hydrogen-bond acceptors (Lipinski definition) is 5. The van der Waals surface area contributed by atoms with E-state index < -0.39 is 51.2 Å². The minimum absolute atomic E-state index is 0.0723. The Morgan fingerprint density at radius 2 is 1.96 bits per heavy atom. The van der Waals surface area contributed by atoms with Gasteiger partial charge in [0.15, 0.2) is 6.10 Å². The Hall–Kier alpha value is -2.14. The van der Waals surface area contributed by atoms with Crippen LogP contribution in [0.5, 0.6) is 0 Å². The Morgan fingerprint density at radius 1 is 1.31 bits per heavy atom. The fourth-order valence-electron chi connectivity index (χ4n) is 1.92. The molecular weight excluding hydrogens is 377 g/mol. The number of carbonyl (C=O) groups is 2. The maximum Gasteiger partial charge on any atom is 0.416 e. The molecule has 0 aromatic heterocycles. The van der Waals surface area contributed by atoms with Crippen LogP contribution in [0, 0.1) is 0 Å². The van der Waals surface area contributed by atoms with Gasteiger partial charge in [-0.2, -0.15) is 17.9 Å². The van der Waals surface area contributed by atoms with E-state index in [-0.39, 0.29) is 6.04 Å². The lowest BCUT2D eigenvalue weighted by molar-refractivity contribution is -0.153. The average Bonchev–Trinajstić information content (AvgIpc) is 3.36. The van der Waals surface area contributed by atoms with Crippen molar-refractivity contribution in [3.63, 3.8) is 0 Å². The quantitative estimate of drug-likeness (QED) is 0.677. The van der Waals surface area contributed by atoms with Gasteiger partial charge in [-0.25, -0.2) is 8.42 Å². The van der Waals surface area contributed by atoms with Crippen molar-refractivity contribution in [2.24, 2.45) is 0 Å². The van der Waals surface area contributed by atoms with Gasteiger partial charge in [-0.1, -0.05) is 6.07 Å². The van der Waals surface area contributed by atoms with E-state index in [1.807, 2.05) is 4.72 Å². The molecule has 0 aliphatic heterocycles. The van der Waals surface area contributed by atoms with Gasteiger partial charge in [-0.15, -0.1) is 0 Å². The van der Waals surface area contributed by atoms with Crippen LogP contribution in [0.2, 0.25) is 0 Å². The minimum Gasteiger partial charge on any atom is -0.452 e. The number of sulfonamides is 1. The molecule has 1 aliphatic carbocycles. The van der Waals surface area contributed by atoms with E-state index in [0.717, 1.165) is 31.0 Å². The fourth-order valence-corrected chi connectivity index (χ4v) is 2.93. The molecule has 1 aromatic carbocycles. The Labute approximate surface area is 148 Å². The molecule has 1 aliphatic rings. The molecule has 0 bridgehead atoms. The van der Waals surface area contributed by atoms with E-state index in [9.17, 15) is 31.2 Å². The van der Waals surface area contributed by atoms with Gasteiger partial charge in [0.1, 0.15) is 6.54 Å². The zero-order chi connectivity index (χ0) is 19.5. The number of hydrogen-bond donors (Lipinski definition) is 2. The van der Waals surface area contributed by atoms with Crippen LogP contribution in [-0.4, -0.2) is 39.0 Å². The Morgan fingerprint density at radius 3 is 2.54 bits per heavy atom. The predicted molar refractivity (Wildman–Crippen MR) is 83.4 cm³/mol. The first kappa shape index (κ1) is 20.2. The van der Waals surface area contributed by atoms with Gasteiger partial charge in [0.2, 0.25) is 10.0 Å². The number of benzene rings is 1. The lowest BCUT2D eigenvalue weighted by atomic mass is 10.2. The molecule has 11 heteroatoms. The molecule has 26 heavy (non-hydrogen) atoms. The lowest BCUT2D eigenvalue weighted by Crippen LogP contribution is -2.39. The maximum absolute atomic E-state index is 12.7. The molecule has 1 aromatic rings. The highest BCUT2D eigenvalue weighted by Gasteiger charge is 2.32. The topological polar surface area (TPSA) is 102 Å². The van der Waals surface area contributed by atoms with E-state index >= 15 is 0 Å². The van der Waals surface area contributed by atoms with Crippen molar-refractivity contribution in [1.82, 2.24) is 10.0 Å². The average molecular weight is 394 g/mol. The molecule has 1 unspecified atom stereocenters. The summed E-state index contributed by atoms with van der Waals surface area (Å²) in [5.41, 5.74) is -1.13. The smallest absolute Gasteiger partial charge is 0.416 e. The summed E-state index contributed by atoms with van der Waals surface area (Å²) >= 11 is 0. The van der Waals surface area contributed by atoms with E-state index in [1.165, 1.54) is 6.92 Å². The van der Waals surface area contributed by atoms with Crippen molar-refractivity contribution < 1.29 is 35.9 Å². The van der Waals surface area contributed by atoms with Crippen molar-refractivity contribution in [1.29, 1.82) is 0 Å². The van der Waals surface area contributed by atoms with Crippen LogP contribution in [-0.2, 0) is 30.5 Å². The van der Waals surface area contributed by atoms with Crippen LogP contribution < -0.4 is 10.0 Å². The minimum atomic E-state index is -4.70. The number of ether oxygens (including phenoxy) is 1. The van der Waals surface area contributed by atoms with Crippen molar-refractivity contribution in [3.05, 3.63) is 29.8 Å². The number of alkyl halides is 3. The van der Waals surface area contributed by atoms with Crippen molar-refractivity contribution in [2.45, 2.75) is 43.0 Å². The van der Waals surface area contributed by atoms with Crippen LogP contribution in [0.1, 0.15) is 25.3 Å². The predicted octanol–water partition coefficient (Wildman–Crippen LogP) is 1.19. The highest BCUT2D eigenvalue weighted by molar-refractivity contribution is 7.89. The van der Waals surface area contributed by atoms with Crippen molar-refractivity contribution in [3.8, 4) is 0 Å². The van der Waals surface area contributed by atoms with Crippen molar-refractivity contribution in [2.75, 3.05) is 6.54 Å². The standard InChI is InChI=1S/C15H17F3N2O5S/c1-9(14(22)20-11-5-6-11)25-13(21)8-19-26(23,24)12-4-2-3-10(7-12)15(16,17)18/h2-4,7,9,11,19H,5-6,8H2,1H3,(H,20,22). The van der Waals surface area contributed by atoms with Crippen molar-refractivity contribution >= 4 is 21.9 Å². The summed E-state index contributed by atoms with van der Waals surface area (Å²) in [6.07, 6.45) is -4.11. The molecule has 0 spiro atoms. The number of carbonyl (C=O) groups excluding carboxylic acids is 2. The van der Waals surface area contributed by atoms with Crippen LogP contribution in [0.25, 0.3) is 0 Å². The number of halogens is 3. The molecular formula is C15H17F3N2O5S. The summed E-state index contributed by atoms with van der Waals surface area (Å²) in [6, 6.07) is 3.17. The first-order valence-electron chi connectivity index (χ1n) is 7.66. The second kappa shape index (κ2) is 7.62. The normalized spacial score (nSPS) is 16.0. The van der Waals surface area contributed by atoms with Gasteiger partial charge in [-0.3, -0.25) is 9.59 Å². The first-order valence-corrected chi connectivity index (χ1v) is 9.14. The number of amides is 1. The molecule has 144 valence electrons. The van der Waals surface area contributed by atoms with Crippen LogP contribution >= 0.6 is 0 Å². The monoisotopic (exact) mass is 394 g/mol. The molecule has 7 nitrogen and oxygen atoms in total. The van der Waals surface area contributed by atoms with Crippen LogP contribution in [0.3, 0.4) is 0 Å². The van der Waals surface area contributed by atoms with Gasteiger partial charge in [0.25, 0.3) is 5.91 Å². The van der Waals surface area contributed by atoms with Crippen LogP contribution in [0.4, 0.5) is 13.2 Å². The van der Waals surface area contributed by atoms with E-state index in [2.05, 4.69) is 5.32 Å². The molecule has 1 fully saturated rings. The lowest BCUT2D eigenvalue weighted by Gasteiger charge is -2.14. The number of rotatable bonds is 7. The van der Waals surface area contributed by atoms with Gasteiger partial charge >= 0.3 is 12.1 Å². The molecule has 2 N–H and O–H groups in total. The molecule has 1 atom stereocenters. The van der Waals surface area contributed by atoms with Gasteiger partial charge in [-0.05, 0) is 38.0 Å². The molecule has 0 heterocycles. The fraction of sp³-hybridized carbons (Fsp3) is 0.467. The Kier molecular flexibility index (Phi) is 5.91. The van der Waals surface area contributed by atoms with Gasteiger partial charge < -0.3 is 10.1 Å². The molecule has 1 amide bonds. The molecule has 2 rings (SSSR count). The Bertz CT molecular complexity index is 791. The first-order chi connectivity index (χ1) is 12.0. The zero-order valence-electron chi connectivity index (χ0n) is 13.7. The van der Waals surface area contributed by atoms with Gasteiger partial charge in [0.05, 0.1) is 10.5 Å².